The molecule has 3 fully saturated rings. The lowest BCUT2D eigenvalue weighted by Gasteiger charge is -2.58. The molecule has 2 heteroatoms. The number of nitrogens with zero attached hydrogens (tertiary/aromatic N) is 1. The first-order chi connectivity index (χ1) is 16.1. The second-order valence-electron chi connectivity index (χ2n) is 13.9. The van der Waals surface area contributed by atoms with Crippen LogP contribution in [-0.2, 0) is 0 Å². The molecular formula is C32H50NO+. The molecule has 0 saturated heterocycles. The first kappa shape index (κ1) is 24.5. The Morgan fingerprint density at radius 3 is 2.53 bits per heavy atom. The van der Waals surface area contributed by atoms with Crippen LogP contribution >= 0.6 is 0 Å². The maximum absolute atomic E-state index is 10.2. The van der Waals surface area contributed by atoms with E-state index in [1.165, 1.54) is 64.2 Å². The molecule has 8 atom stereocenters. The van der Waals surface area contributed by atoms with Gasteiger partial charge in [0.1, 0.15) is 0 Å². The summed E-state index contributed by atoms with van der Waals surface area (Å²) in [7, 11) is 0. The molecule has 3 saturated carbocycles. The number of fused-ring (bicyclic) bond motifs is 5. The van der Waals surface area contributed by atoms with E-state index in [-0.39, 0.29) is 0 Å². The van der Waals surface area contributed by atoms with Gasteiger partial charge in [0, 0.05) is 25.0 Å². The first-order valence-electron chi connectivity index (χ1n) is 14.5. The number of aromatic nitrogens is 1. The fraction of sp³-hybridized carbons (Fsp3) is 0.781. The van der Waals surface area contributed by atoms with Gasteiger partial charge in [0.2, 0.25) is 0 Å². The van der Waals surface area contributed by atoms with E-state index in [1.807, 2.05) is 13.8 Å². The molecule has 0 amide bonds. The van der Waals surface area contributed by atoms with Gasteiger partial charge in [-0.2, -0.15) is 0 Å². The van der Waals surface area contributed by atoms with Crippen LogP contribution in [0.5, 0.6) is 0 Å². The van der Waals surface area contributed by atoms with E-state index in [0.717, 1.165) is 36.0 Å². The quantitative estimate of drug-likeness (QED) is 0.339. The van der Waals surface area contributed by atoms with E-state index in [9.17, 15) is 5.11 Å². The van der Waals surface area contributed by atoms with Crippen molar-refractivity contribution in [3.05, 3.63) is 42.2 Å². The molecule has 1 unspecified atom stereocenters. The topological polar surface area (TPSA) is 24.1 Å². The second kappa shape index (κ2) is 9.06. The lowest BCUT2D eigenvalue weighted by molar-refractivity contribution is -0.725. The van der Waals surface area contributed by atoms with E-state index in [4.69, 9.17) is 0 Å². The second-order valence-corrected chi connectivity index (χ2v) is 13.9. The summed E-state index contributed by atoms with van der Waals surface area (Å²) in [4.78, 5) is 0. The normalized spacial score (nSPS) is 40.6. The molecule has 0 bridgehead atoms. The highest BCUT2D eigenvalue weighted by Crippen LogP contribution is 2.67. The predicted molar refractivity (Wildman–Crippen MR) is 140 cm³/mol. The molecule has 1 aromatic heterocycles. The van der Waals surface area contributed by atoms with Crippen molar-refractivity contribution in [3.8, 4) is 0 Å². The third-order valence-electron chi connectivity index (χ3n) is 11.4. The van der Waals surface area contributed by atoms with Crippen LogP contribution in [0.1, 0.15) is 111 Å². The van der Waals surface area contributed by atoms with Crippen LogP contribution < -0.4 is 4.57 Å². The average molecular weight is 465 g/mol. The van der Waals surface area contributed by atoms with Crippen LogP contribution in [0.15, 0.2) is 42.2 Å². The standard InChI is InChI=1S/C32H50NO/c1-23(10-9-17-30(2,3)34)27-13-14-28-26-12-11-24-22-25(33-20-7-6-8-21-33)15-18-31(24,4)29(26)16-19-32(27,28)5/h6-8,11,20-21,23,25-29,34H,9-10,12-19,22H2,1-5H3/q+1/t23?,25-,26-,27+,28-,29-,31-,32+/m0/s1. The maximum atomic E-state index is 10.2. The van der Waals surface area contributed by atoms with Crippen molar-refractivity contribution in [2.75, 3.05) is 0 Å². The summed E-state index contributed by atoms with van der Waals surface area (Å²) in [5.41, 5.74) is 2.25. The molecule has 34 heavy (non-hydrogen) atoms. The molecule has 188 valence electrons. The Labute approximate surface area is 209 Å². The van der Waals surface area contributed by atoms with Crippen molar-refractivity contribution in [1.82, 2.24) is 0 Å². The van der Waals surface area contributed by atoms with Gasteiger partial charge in [-0.3, -0.25) is 0 Å². The third-order valence-corrected chi connectivity index (χ3v) is 11.4. The molecule has 4 aliphatic carbocycles. The lowest BCUT2D eigenvalue weighted by atomic mass is 9.47. The highest BCUT2D eigenvalue weighted by atomic mass is 16.3. The average Bonchev–Trinajstić information content (AvgIpc) is 3.15. The van der Waals surface area contributed by atoms with Crippen molar-refractivity contribution in [3.63, 3.8) is 0 Å². The zero-order valence-corrected chi connectivity index (χ0v) is 22.6. The number of pyridine rings is 1. The van der Waals surface area contributed by atoms with Crippen LogP contribution in [0.3, 0.4) is 0 Å². The number of aliphatic hydroxyl groups is 1. The SMILES string of the molecule is CC(CCCC(C)(C)O)[C@H]1CC[C@H]2[C@@H]3CC=C4C[C@@H]([n+]5ccccc5)CC[C@]4(C)[C@H]3CC[C@]12C. The molecule has 1 N–H and O–H groups in total. The largest absolute Gasteiger partial charge is 0.390 e. The van der Waals surface area contributed by atoms with Crippen molar-refractivity contribution >= 4 is 0 Å². The van der Waals surface area contributed by atoms with Gasteiger partial charge in [-0.25, -0.2) is 4.57 Å². The Kier molecular flexibility index (Phi) is 6.54. The van der Waals surface area contributed by atoms with Crippen molar-refractivity contribution < 1.29 is 9.67 Å². The number of hydrogen-bond acceptors (Lipinski definition) is 1. The van der Waals surface area contributed by atoms with Crippen molar-refractivity contribution in [1.29, 1.82) is 0 Å². The molecule has 0 aliphatic heterocycles. The summed E-state index contributed by atoms with van der Waals surface area (Å²) in [6, 6.07) is 7.15. The maximum Gasteiger partial charge on any atom is 0.169 e. The zero-order chi connectivity index (χ0) is 24.1. The van der Waals surface area contributed by atoms with E-state index in [2.05, 4.69) is 62.0 Å². The first-order valence-corrected chi connectivity index (χ1v) is 14.5. The summed E-state index contributed by atoms with van der Waals surface area (Å²) >= 11 is 0. The van der Waals surface area contributed by atoms with Gasteiger partial charge in [-0.1, -0.05) is 51.3 Å². The van der Waals surface area contributed by atoms with E-state index >= 15 is 0 Å². The van der Waals surface area contributed by atoms with Crippen molar-refractivity contribution in [2.24, 2.45) is 40.4 Å². The molecular weight excluding hydrogens is 414 g/mol. The van der Waals surface area contributed by atoms with Gasteiger partial charge < -0.3 is 5.11 Å². The number of rotatable bonds is 6. The van der Waals surface area contributed by atoms with Crippen LogP contribution in [0, 0.1) is 40.4 Å². The smallest absolute Gasteiger partial charge is 0.169 e. The van der Waals surface area contributed by atoms with Gasteiger partial charge in [0.05, 0.1) is 5.60 Å². The van der Waals surface area contributed by atoms with Crippen LogP contribution in [0.25, 0.3) is 0 Å². The summed E-state index contributed by atoms with van der Waals surface area (Å²) in [6.45, 7) is 11.8. The Balaban J connectivity index is 1.29. The molecule has 5 rings (SSSR count). The molecule has 1 heterocycles. The monoisotopic (exact) mass is 464 g/mol. The summed E-state index contributed by atoms with van der Waals surface area (Å²) in [5.74, 6) is 4.39. The van der Waals surface area contributed by atoms with E-state index in [1.54, 1.807) is 5.57 Å². The minimum atomic E-state index is -0.514. The van der Waals surface area contributed by atoms with Crippen molar-refractivity contribution in [2.45, 2.75) is 117 Å². The molecule has 0 spiro atoms. The van der Waals surface area contributed by atoms with Crippen LogP contribution in [-0.4, -0.2) is 10.7 Å². The molecule has 4 aliphatic rings. The van der Waals surface area contributed by atoms with Gasteiger partial charge in [0.25, 0.3) is 0 Å². The van der Waals surface area contributed by atoms with E-state index < -0.39 is 5.60 Å². The summed E-state index contributed by atoms with van der Waals surface area (Å²) in [6.07, 6.45) is 21.7. The number of allylic oxidation sites excluding steroid dienone is 2. The Morgan fingerprint density at radius 1 is 1.03 bits per heavy atom. The highest BCUT2D eigenvalue weighted by molar-refractivity contribution is 5.25. The Morgan fingerprint density at radius 2 is 1.79 bits per heavy atom. The Hall–Kier alpha value is -1.15. The third kappa shape index (κ3) is 4.31. The zero-order valence-electron chi connectivity index (χ0n) is 22.6. The molecule has 0 radical (unpaired) electrons. The van der Waals surface area contributed by atoms with Gasteiger partial charge in [0.15, 0.2) is 18.4 Å². The Bertz CT molecular complexity index is 884. The predicted octanol–water partition coefficient (Wildman–Crippen LogP) is 7.67. The number of hydrogen-bond donors (Lipinski definition) is 1. The minimum Gasteiger partial charge on any atom is -0.390 e. The van der Waals surface area contributed by atoms with Gasteiger partial charge in [-0.05, 0) is 99.2 Å². The highest BCUT2D eigenvalue weighted by Gasteiger charge is 2.59. The van der Waals surface area contributed by atoms with Gasteiger partial charge >= 0.3 is 0 Å². The fourth-order valence-corrected chi connectivity index (χ4v) is 9.58. The molecule has 0 aromatic carbocycles. The summed E-state index contributed by atoms with van der Waals surface area (Å²) < 4.78 is 2.46. The molecule has 1 aromatic rings. The van der Waals surface area contributed by atoms with Crippen LogP contribution in [0.2, 0.25) is 0 Å². The van der Waals surface area contributed by atoms with E-state index in [0.29, 0.717) is 16.9 Å². The minimum absolute atomic E-state index is 0.437. The van der Waals surface area contributed by atoms with Crippen LogP contribution in [0.4, 0.5) is 0 Å². The lowest BCUT2D eigenvalue weighted by Crippen LogP contribution is -2.52. The van der Waals surface area contributed by atoms with Gasteiger partial charge in [-0.15, -0.1) is 0 Å². The molecule has 2 nitrogen and oxygen atoms in total. The fourth-order valence-electron chi connectivity index (χ4n) is 9.58. The summed E-state index contributed by atoms with van der Waals surface area (Å²) in [5, 5.41) is 10.2.